The first kappa shape index (κ1) is 15.9. The summed E-state index contributed by atoms with van der Waals surface area (Å²) in [6.07, 6.45) is 3.02. The molecule has 0 aliphatic carbocycles. The molecule has 0 bridgehead atoms. The van der Waals surface area contributed by atoms with Gasteiger partial charge in [-0.05, 0) is 29.8 Å². The van der Waals surface area contributed by atoms with Crippen LogP contribution in [-0.4, -0.2) is 15.7 Å². The van der Waals surface area contributed by atoms with Gasteiger partial charge < -0.3 is 9.73 Å². The molecule has 0 aliphatic heterocycles. The maximum absolute atomic E-state index is 11.9. The van der Waals surface area contributed by atoms with Gasteiger partial charge in [-0.3, -0.25) is 9.48 Å². The molecule has 1 amide bonds. The highest BCUT2D eigenvalue weighted by Gasteiger charge is 2.14. The van der Waals surface area contributed by atoms with E-state index in [1.54, 1.807) is 41.2 Å². The topological polar surface area (TPSA) is 60.1 Å². The summed E-state index contributed by atoms with van der Waals surface area (Å²) in [7, 11) is 0. The van der Waals surface area contributed by atoms with Gasteiger partial charge in [0.15, 0.2) is 11.6 Å². The van der Waals surface area contributed by atoms with Gasteiger partial charge in [-0.1, -0.05) is 40.9 Å². The maximum atomic E-state index is 11.9. The lowest BCUT2D eigenvalue weighted by molar-refractivity contribution is 0.0996. The molecule has 0 radical (unpaired) electrons. The van der Waals surface area contributed by atoms with E-state index < -0.39 is 5.91 Å². The van der Waals surface area contributed by atoms with Gasteiger partial charge in [0.2, 0.25) is 0 Å². The van der Waals surface area contributed by atoms with Gasteiger partial charge in [0.1, 0.15) is 5.02 Å². The second-order valence-electron chi connectivity index (χ2n) is 4.69. The number of nitrogens with one attached hydrogen (secondary N) is 1. The molecule has 0 spiro atoms. The zero-order chi connectivity index (χ0) is 16.4. The molecule has 0 saturated carbocycles. The van der Waals surface area contributed by atoms with Crippen molar-refractivity contribution in [2.45, 2.75) is 6.54 Å². The standard InChI is InChI=1S/C15H10Cl3N3O2/c16-10-4-3-9(11(17)6-10)7-21-8-12(18)14(20-21)19-15(22)13-2-1-5-23-13/h1-6,8H,7H2,(H,19,20,22). The Bertz CT molecular complexity index is 844. The van der Waals surface area contributed by atoms with Crippen LogP contribution in [-0.2, 0) is 6.54 Å². The summed E-state index contributed by atoms with van der Waals surface area (Å²) >= 11 is 18.1. The minimum Gasteiger partial charge on any atom is -0.459 e. The van der Waals surface area contributed by atoms with Crippen LogP contribution in [0.15, 0.2) is 47.2 Å². The van der Waals surface area contributed by atoms with Crippen molar-refractivity contribution in [1.82, 2.24) is 9.78 Å². The normalized spacial score (nSPS) is 10.7. The Morgan fingerprint density at radius 1 is 1.22 bits per heavy atom. The molecule has 0 atom stereocenters. The van der Waals surface area contributed by atoms with Gasteiger partial charge in [0, 0.05) is 16.2 Å². The predicted octanol–water partition coefficient (Wildman–Crippen LogP) is 4.74. The minimum atomic E-state index is -0.424. The van der Waals surface area contributed by atoms with Crippen molar-refractivity contribution in [3.05, 3.63) is 69.2 Å². The average Bonchev–Trinajstić information content (AvgIpc) is 3.13. The lowest BCUT2D eigenvalue weighted by atomic mass is 10.2. The van der Waals surface area contributed by atoms with Gasteiger partial charge in [-0.2, -0.15) is 5.10 Å². The number of furan rings is 1. The fourth-order valence-electron chi connectivity index (χ4n) is 1.96. The lowest BCUT2D eigenvalue weighted by Gasteiger charge is -2.05. The summed E-state index contributed by atoms with van der Waals surface area (Å²) in [5, 5.41) is 8.24. The van der Waals surface area contributed by atoms with Crippen LogP contribution in [0.1, 0.15) is 16.1 Å². The molecule has 0 aliphatic rings. The molecule has 3 aromatic rings. The first-order valence-electron chi connectivity index (χ1n) is 6.54. The van der Waals surface area contributed by atoms with E-state index in [0.29, 0.717) is 21.6 Å². The Morgan fingerprint density at radius 2 is 2.04 bits per heavy atom. The van der Waals surface area contributed by atoms with Gasteiger partial charge in [-0.25, -0.2) is 0 Å². The SMILES string of the molecule is O=C(Nc1nn(Cc2ccc(Cl)cc2Cl)cc1Cl)c1ccco1. The van der Waals surface area contributed by atoms with Crippen molar-refractivity contribution in [2.75, 3.05) is 5.32 Å². The van der Waals surface area contributed by atoms with Gasteiger partial charge >= 0.3 is 0 Å². The van der Waals surface area contributed by atoms with E-state index >= 15 is 0 Å². The molecule has 2 heterocycles. The largest absolute Gasteiger partial charge is 0.459 e. The average molecular weight is 371 g/mol. The van der Waals surface area contributed by atoms with Gasteiger partial charge in [0.05, 0.1) is 12.8 Å². The summed E-state index contributed by atoms with van der Waals surface area (Å²) in [5.74, 6) is 0.00110. The molecule has 1 N–H and O–H groups in total. The molecular weight excluding hydrogens is 361 g/mol. The number of nitrogens with zero attached hydrogens (tertiary/aromatic N) is 2. The first-order valence-corrected chi connectivity index (χ1v) is 7.68. The molecule has 1 aromatic carbocycles. The third kappa shape index (κ3) is 3.69. The third-order valence-corrected chi connectivity index (χ3v) is 3.90. The van der Waals surface area contributed by atoms with Crippen molar-refractivity contribution >= 4 is 46.5 Å². The molecule has 0 fully saturated rings. The van der Waals surface area contributed by atoms with E-state index in [2.05, 4.69) is 10.4 Å². The predicted molar refractivity (Wildman–Crippen MR) is 89.5 cm³/mol. The third-order valence-electron chi connectivity index (χ3n) is 3.04. The van der Waals surface area contributed by atoms with E-state index in [4.69, 9.17) is 39.2 Å². The van der Waals surface area contributed by atoms with E-state index in [1.165, 1.54) is 6.26 Å². The molecule has 5 nitrogen and oxygen atoms in total. The number of anilines is 1. The van der Waals surface area contributed by atoms with Gasteiger partial charge in [-0.15, -0.1) is 0 Å². The minimum absolute atomic E-state index is 0.177. The van der Waals surface area contributed by atoms with E-state index in [9.17, 15) is 4.79 Å². The molecule has 118 valence electrons. The number of carbonyl (C=O) groups is 1. The number of carbonyl (C=O) groups excluding carboxylic acids is 1. The molecule has 2 aromatic heterocycles. The second kappa shape index (κ2) is 6.66. The Labute approximate surface area is 146 Å². The van der Waals surface area contributed by atoms with Crippen LogP contribution in [0.4, 0.5) is 5.82 Å². The zero-order valence-electron chi connectivity index (χ0n) is 11.6. The monoisotopic (exact) mass is 369 g/mol. The molecule has 23 heavy (non-hydrogen) atoms. The quantitative estimate of drug-likeness (QED) is 0.722. The van der Waals surface area contributed by atoms with Crippen molar-refractivity contribution in [3.8, 4) is 0 Å². The van der Waals surface area contributed by atoms with Crippen molar-refractivity contribution in [2.24, 2.45) is 0 Å². The Morgan fingerprint density at radius 3 is 2.74 bits per heavy atom. The highest BCUT2D eigenvalue weighted by Crippen LogP contribution is 2.24. The van der Waals surface area contributed by atoms with Crippen molar-refractivity contribution < 1.29 is 9.21 Å². The summed E-state index contributed by atoms with van der Waals surface area (Å²) in [5.41, 5.74) is 0.833. The number of rotatable bonds is 4. The Hall–Kier alpha value is -1.95. The Balaban J connectivity index is 1.77. The van der Waals surface area contributed by atoms with Crippen LogP contribution in [0.2, 0.25) is 15.1 Å². The first-order chi connectivity index (χ1) is 11.0. The molecule has 8 heteroatoms. The molecular formula is C15H10Cl3N3O2. The van der Waals surface area contributed by atoms with Crippen molar-refractivity contribution in [3.63, 3.8) is 0 Å². The number of benzene rings is 1. The Kier molecular flexibility index (Phi) is 4.61. The number of aromatic nitrogens is 2. The summed E-state index contributed by atoms with van der Waals surface area (Å²) < 4.78 is 6.60. The van der Waals surface area contributed by atoms with Crippen LogP contribution in [0.3, 0.4) is 0 Å². The fourth-order valence-corrected chi connectivity index (χ4v) is 2.63. The zero-order valence-corrected chi connectivity index (χ0v) is 13.9. The maximum Gasteiger partial charge on any atom is 0.292 e. The van der Waals surface area contributed by atoms with E-state index in [-0.39, 0.29) is 11.6 Å². The highest BCUT2D eigenvalue weighted by atomic mass is 35.5. The van der Waals surface area contributed by atoms with Crippen LogP contribution < -0.4 is 5.32 Å². The fraction of sp³-hybridized carbons (Fsp3) is 0.0667. The van der Waals surface area contributed by atoms with Crippen molar-refractivity contribution in [1.29, 1.82) is 0 Å². The molecule has 3 rings (SSSR count). The smallest absolute Gasteiger partial charge is 0.292 e. The number of halogens is 3. The highest BCUT2D eigenvalue weighted by molar-refractivity contribution is 6.35. The van der Waals surface area contributed by atoms with E-state index in [0.717, 1.165) is 5.56 Å². The number of hydrogen-bond acceptors (Lipinski definition) is 3. The summed E-state index contributed by atoms with van der Waals surface area (Å²) in [4.78, 5) is 11.9. The number of hydrogen-bond donors (Lipinski definition) is 1. The molecule has 0 unspecified atom stereocenters. The van der Waals surface area contributed by atoms with Crippen LogP contribution >= 0.6 is 34.8 Å². The van der Waals surface area contributed by atoms with E-state index in [1.807, 2.05) is 0 Å². The number of amides is 1. The summed E-state index contributed by atoms with van der Waals surface area (Å²) in [6, 6.07) is 8.38. The molecule has 0 saturated heterocycles. The van der Waals surface area contributed by atoms with Crippen LogP contribution in [0, 0.1) is 0 Å². The van der Waals surface area contributed by atoms with Gasteiger partial charge in [0.25, 0.3) is 5.91 Å². The second-order valence-corrected chi connectivity index (χ2v) is 5.94. The lowest BCUT2D eigenvalue weighted by Crippen LogP contribution is -2.12. The van der Waals surface area contributed by atoms with Crippen LogP contribution in [0.5, 0.6) is 0 Å². The summed E-state index contributed by atoms with van der Waals surface area (Å²) in [6.45, 7) is 0.395. The van der Waals surface area contributed by atoms with Crippen LogP contribution in [0.25, 0.3) is 0 Å².